The Morgan fingerprint density at radius 1 is 1.18 bits per heavy atom. The van der Waals surface area contributed by atoms with E-state index in [1.54, 1.807) is 7.11 Å². The maximum Gasteiger partial charge on any atom is 0.118 e. The highest BCUT2D eigenvalue weighted by atomic mass is 16.5. The Kier molecular flexibility index (Phi) is 4.43. The maximum atomic E-state index is 9.63. The molecule has 2 heteroatoms. The standard InChI is InChI=1S/C15H22O2/c1-17-14-9-7-13(8-10-14)15(11-16)12-5-3-2-4-6-12/h7-10,12,15-16H,2-6,11H2,1H3/t15-/m0/s1. The molecule has 0 amide bonds. The summed E-state index contributed by atoms with van der Waals surface area (Å²) in [5.41, 5.74) is 1.25. The number of aliphatic hydroxyl groups is 1. The molecule has 0 aromatic heterocycles. The third-order valence-electron chi connectivity index (χ3n) is 3.96. The van der Waals surface area contributed by atoms with E-state index in [1.807, 2.05) is 12.1 Å². The molecule has 1 N–H and O–H groups in total. The highest BCUT2D eigenvalue weighted by Crippen LogP contribution is 2.36. The number of ether oxygens (including phenoxy) is 1. The van der Waals surface area contributed by atoms with E-state index in [1.165, 1.54) is 37.7 Å². The van der Waals surface area contributed by atoms with Gasteiger partial charge >= 0.3 is 0 Å². The average Bonchev–Trinajstić information content (AvgIpc) is 2.42. The van der Waals surface area contributed by atoms with Crippen molar-refractivity contribution in [3.05, 3.63) is 29.8 Å². The lowest BCUT2D eigenvalue weighted by atomic mass is 9.77. The zero-order valence-corrected chi connectivity index (χ0v) is 10.6. The van der Waals surface area contributed by atoms with Gasteiger partial charge in [0, 0.05) is 5.92 Å². The molecule has 0 unspecified atom stereocenters. The Bertz CT molecular complexity index is 325. The van der Waals surface area contributed by atoms with Gasteiger partial charge in [-0.15, -0.1) is 0 Å². The van der Waals surface area contributed by atoms with Crippen molar-refractivity contribution >= 4 is 0 Å². The van der Waals surface area contributed by atoms with Crippen LogP contribution in [0.5, 0.6) is 5.75 Å². The quantitative estimate of drug-likeness (QED) is 0.865. The first-order valence-corrected chi connectivity index (χ1v) is 6.60. The fourth-order valence-corrected chi connectivity index (χ4v) is 2.91. The van der Waals surface area contributed by atoms with Crippen molar-refractivity contribution in [2.24, 2.45) is 5.92 Å². The number of benzene rings is 1. The van der Waals surface area contributed by atoms with Gasteiger partial charge in [0.1, 0.15) is 5.75 Å². The van der Waals surface area contributed by atoms with E-state index in [-0.39, 0.29) is 6.61 Å². The van der Waals surface area contributed by atoms with Gasteiger partial charge in [0.2, 0.25) is 0 Å². The molecule has 1 aliphatic carbocycles. The van der Waals surface area contributed by atoms with Crippen molar-refractivity contribution in [3.8, 4) is 5.75 Å². The second-order valence-corrected chi connectivity index (χ2v) is 4.96. The number of methoxy groups -OCH3 is 1. The number of rotatable bonds is 4. The zero-order valence-electron chi connectivity index (χ0n) is 10.6. The molecule has 0 bridgehead atoms. The largest absolute Gasteiger partial charge is 0.497 e. The van der Waals surface area contributed by atoms with Gasteiger partial charge in [-0.3, -0.25) is 0 Å². The minimum absolute atomic E-state index is 0.261. The van der Waals surface area contributed by atoms with Crippen molar-refractivity contribution in [3.63, 3.8) is 0 Å². The molecule has 2 rings (SSSR count). The lowest BCUT2D eigenvalue weighted by Crippen LogP contribution is -2.19. The highest BCUT2D eigenvalue weighted by Gasteiger charge is 2.24. The molecule has 94 valence electrons. The SMILES string of the molecule is COc1ccc([C@@H](CO)C2CCCCC2)cc1. The molecule has 0 heterocycles. The normalized spacial score (nSPS) is 18.9. The van der Waals surface area contributed by atoms with E-state index >= 15 is 0 Å². The lowest BCUT2D eigenvalue weighted by molar-refractivity contribution is 0.196. The first kappa shape index (κ1) is 12.4. The molecule has 1 aromatic rings. The van der Waals surface area contributed by atoms with Crippen LogP contribution in [0.15, 0.2) is 24.3 Å². The fourth-order valence-electron chi connectivity index (χ4n) is 2.91. The number of hydrogen-bond donors (Lipinski definition) is 1. The summed E-state index contributed by atoms with van der Waals surface area (Å²) in [7, 11) is 1.68. The third kappa shape index (κ3) is 3.01. The van der Waals surface area contributed by atoms with Crippen molar-refractivity contribution in [2.45, 2.75) is 38.0 Å². The minimum Gasteiger partial charge on any atom is -0.497 e. The van der Waals surface area contributed by atoms with Crippen molar-refractivity contribution in [1.82, 2.24) is 0 Å². The maximum absolute atomic E-state index is 9.63. The Morgan fingerprint density at radius 3 is 2.35 bits per heavy atom. The van der Waals surface area contributed by atoms with E-state index in [4.69, 9.17) is 4.74 Å². The van der Waals surface area contributed by atoms with E-state index < -0.39 is 0 Å². The summed E-state index contributed by atoms with van der Waals surface area (Å²) in [5, 5.41) is 9.63. The van der Waals surface area contributed by atoms with Crippen LogP contribution in [0.1, 0.15) is 43.6 Å². The van der Waals surface area contributed by atoms with Crippen LogP contribution in [0.3, 0.4) is 0 Å². The first-order chi connectivity index (χ1) is 8.35. The predicted molar refractivity (Wildman–Crippen MR) is 69.4 cm³/mol. The van der Waals surface area contributed by atoms with Crippen LogP contribution in [0.2, 0.25) is 0 Å². The first-order valence-electron chi connectivity index (χ1n) is 6.60. The van der Waals surface area contributed by atoms with Gasteiger partial charge in [0.05, 0.1) is 13.7 Å². The van der Waals surface area contributed by atoms with Crippen LogP contribution in [0, 0.1) is 5.92 Å². The molecule has 2 nitrogen and oxygen atoms in total. The van der Waals surface area contributed by atoms with Crippen LogP contribution in [-0.2, 0) is 0 Å². The van der Waals surface area contributed by atoms with Gasteiger partial charge < -0.3 is 9.84 Å². The van der Waals surface area contributed by atoms with Crippen LogP contribution >= 0.6 is 0 Å². The van der Waals surface area contributed by atoms with Gasteiger partial charge in [-0.25, -0.2) is 0 Å². The molecular formula is C15H22O2. The third-order valence-corrected chi connectivity index (χ3v) is 3.96. The van der Waals surface area contributed by atoms with Gasteiger partial charge in [-0.2, -0.15) is 0 Å². The molecule has 1 aromatic carbocycles. The van der Waals surface area contributed by atoms with Gasteiger partial charge in [-0.1, -0.05) is 31.4 Å². The molecule has 1 atom stereocenters. The van der Waals surface area contributed by atoms with Crippen LogP contribution in [-0.4, -0.2) is 18.8 Å². The Balaban J connectivity index is 2.10. The van der Waals surface area contributed by atoms with E-state index in [0.29, 0.717) is 11.8 Å². The monoisotopic (exact) mass is 234 g/mol. The molecule has 1 aliphatic rings. The molecular weight excluding hydrogens is 212 g/mol. The van der Waals surface area contributed by atoms with E-state index in [2.05, 4.69) is 12.1 Å². The summed E-state index contributed by atoms with van der Waals surface area (Å²) < 4.78 is 5.17. The Morgan fingerprint density at radius 2 is 1.82 bits per heavy atom. The smallest absolute Gasteiger partial charge is 0.118 e. The summed E-state index contributed by atoms with van der Waals surface area (Å²) in [5.74, 6) is 1.84. The topological polar surface area (TPSA) is 29.5 Å². The van der Waals surface area contributed by atoms with Gasteiger partial charge in [-0.05, 0) is 36.5 Å². The molecule has 1 saturated carbocycles. The van der Waals surface area contributed by atoms with Gasteiger partial charge in [0.15, 0.2) is 0 Å². The summed E-state index contributed by atoms with van der Waals surface area (Å²) in [6.45, 7) is 0.261. The minimum atomic E-state index is 0.261. The summed E-state index contributed by atoms with van der Waals surface area (Å²) in [4.78, 5) is 0. The van der Waals surface area contributed by atoms with Crippen LogP contribution < -0.4 is 4.74 Å². The summed E-state index contributed by atoms with van der Waals surface area (Å²) >= 11 is 0. The second-order valence-electron chi connectivity index (χ2n) is 4.96. The molecule has 0 aliphatic heterocycles. The average molecular weight is 234 g/mol. The molecule has 0 saturated heterocycles. The fraction of sp³-hybridized carbons (Fsp3) is 0.600. The highest BCUT2D eigenvalue weighted by molar-refractivity contribution is 5.29. The molecule has 0 radical (unpaired) electrons. The molecule has 0 spiro atoms. The van der Waals surface area contributed by atoms with Crippen LogP contribution in [0.25, 0.3) is 0 Å². The van der Waals surface area contributed by atoms with Gasteiger partial charge in [0.25, 0.3) is 0 Å². The number of hydrogen-bond acceptors (Lipinski definition) is 2. The second kappa shape index (κ2) is 6.06. The van der Waals surface area contributed by atoms with E-state index in [9.17, 15) is 5.11 Å². The van der Waals surface area contributed by atoms with Crippen molar-refractivity contribution < 1.29 is 9.84 Å². The van der Waals surface area contributed by atoms with Crippen molar-refractivity contribution in [1.29, 1.82) is 0 Å². The summed E-state index contributed by atoms with van der Waals surface area (Å²) in [6, 6.07) is 8.16. The molecule has 1 fully saturated rings. The Hall–Kier alpha value is -1.02. The predicted octanol–water partition coefficient (Wildman–Crippen LogP) is 3.35. The summed E-state index contributed by atoms with van der Waals surface area (Å²) in [6.07, 6.45) is 6.51. The molecule has 17 heavy (non-hydrogen) atoms. The lowest BCUT2D eigenvalue weighted by Gasteiger charge is -2.29. The zero-order chi connectivity index (χ0) is 12.1. The van der Waals surface area contributed by atoms with Crippen molar-refractivity contribution in [2.75, 3.05) is 13.7 Å². The number of aliphatic hydroxyl groups excluding tert-OH is 1. The Labute approximate surface area is 104 Å². The van der Waals surface area contributed by atoms with Crippen LogP contribution in [0.4, 0.5) is 0 Å². The van der Waals surface area contributed by atoms with E-state index in [0.717, 1.165) is 5.75 Å².